The van der Waals surface area contributed by atoms with E-state index in [-0.39, 0.29) is 11.3 Å². The Morgan fingerprint density at radius 2 is 1.53 bits per heavy atom. The van der Waals surface area contributed by atoms with Gasteiger partial charge in [0.05, 0.1) is 4.90 Å². The van der Waals surface area contributed by atoms with Gasteiger partial charge in [-0.2, -0.15) is 4.72 Å². The molecule has 156 valence electrons. The molecule has 7 heteroatoms. The Morgan fingerprint density at radius 1 is 0.900 bits per heavy atom. The minimum absolute atomic E-state index is 0.101. The van der Waals surface area contributed by atoms with E-state index in [0.29, 0.717) is 5.69 Å². The van der Waals surface area contributed by atoms with Gasteiger partial charge in [-0.05, 0) is 60.4 Å². The third-order valence-electron chi connectivity index (χ3n) is 4.65. The molecule has 0 aliphatic carbocycles. The zero-order chi connectivity index (χ0) is 21.6. The van der Waals surface area contributed by atoms with Gasteiger partial charge in [0.25, 0.3) is 0 Å². The normalized spacial score (nSPS) is 12.3. The first-order valence-corrected chi connectivity index (χ1v) is 11.9. The zero-order valence-corrected chi connectivity index (χ0v) is 18.9. The zero-order valence-electron chi connectivity index (χ0n) is 16.5. The highest BCUT2D eigenvalue weighted by atomic mass is 79.9. The van der Waals surface area contributed by atoms with Gasteiger partial charge >= 0.3 is 0 Å². The van der Waals surface area contributed by atoms with Crippen LogP contribution in [-0.2, 0) is 27.7 Å². The number of benzene rings is 3. The van der Waals surface area contributed by atoms with Gasteiger partial charge in [0, 0.05) is 10.2 Å². The van der Waals surface area contributed by atoms with Crippen LogP contribution in [0.4, 0.5) is 5.69 Å². The molecule has 3 rings (SSSR count). The summed E-state index contributed by atoms with van der Waals surface area (Å²) in [7, 11) is -3.88. The van der Waals surface area contributed by atoms with Crippen LogP contribution in [0.25, 0.3) is 0 Å². The number of rotatable bonds is 8. The van der Waals surface area contributed by atoms with Crippen molar-refractivity contribution in [3.05, 3.63) is 94.5 Å². The summed E-state index contributed by atoms with van der Waals surface area (Å²) in [5, 5.41) is 2.82. The lowest BCUT2D eigenvalue weighted by Crippen LogP contribution is -2.45. The van der Waals surface area contributed by atoms with E-state index in [1.54, 1.807) is 12.1 Å². The fourth-order valence-electron chi connectivity index (χ4n) is 2.96. The Balaban J connectivity index is 1.83. The molecule has 0 saturated carbocycles. The van der Waals surface area contributed by atoms with E-state index in [0.717, 1.165) is 22.0 Å². The molecule has 0 spiro atoms. The summed E-state index contributed by atoms with van der Waals surface area (Å²) < 4.78 is 29.1. The van der Waals surface area contributed by atoms with Gasteiger partial charge in [-0.1, -0.05) is 65.3 Å². The van der Waals surface area contributed by atoms with E-state index < -0.39 is 22.0 Å². The van der Waals surface area contributed by atoms with E-state index in [1.807, 2.05) is 54.6 Å². The Kier molecular flexibility index (Phi) is 7.42. The van der Waals surface area contributed by atoms with Gasteiger partial charge in [0.2, 0.25) is 15.9 Å². The number of halogens is 1. The van der Waals surface area contributed by atoms with Gasteiger partial charge in [-0.3, -0.25) is 4.79 Å². The highest BCUT2D eigenvalue weighted by Crippen LogP contribution is 2.17. The Morgan fingerprint density at radius 3 is 2.13 bits per heavy atom. The van der Waals surface area contributed by atoms with Crippen LogP contribution in [-0.4, -0.2) is 20.4 Å². The molecule has 0 unspecified atom stereocenters. The predicted molar refractivity (Wildman–Crippen MR) is 123 cm³/mol. The second-order valence-corrected chi connectivity index (χ2v) is 9.49. The largest absolute Gasteiger partial charge is 0.325 e. The number of amides is 1. The summed E-state index contributed by atoms with van der Waals surface area (Å²) in [4.78, 5) is 13.1. The van der Waals surface area contributed by atoms with E-state index in [4.69, 9.17) is 0 Å². The molecule has 3 aromatic carbocycles. The summed E-state index contributed by atoms with van der Waals surface area (Å²) in [6.07, 6.45) is 1.13. The summed E-state index contributed by atoms with van der Waals surface area (Å²) in [5.41, 5.74) is 2.64. The maximum absolute atomic E-state index is 13.0. The van der Waals surface area contributed by atoms with Crippen molar-refractivity contribution < 1.29 is 13.2 Å². The number of nitrogens with one attached hydrogen (secondary N) is 2. The molecule has 0 bridgehead atoms. The van der Waals surface area contributed by atoms with Crippen molar-refractivity contribution in [1.82, 2.24) is 4.72 Å². The van der Waals surface area contributed by atoms with Crippen molar-refractivity contribution in [1.29, 1.82) is 0 Å². The van der Waals surface area contributed by atoms with E-state index >= 15 is 0 Å². The smallest absolute Gasteiger partial charge is 0.242 e. The topological polar surface area (TPSA) is 75.3 Å². The van der Waals surface area contributed by atoms with Gasteiger partial charge in [0.1, 0.15) is 6.04 Å². The molecule has 5 nitrogen and oxygen atoms in total. The Bertz CT molecular complexity index is 1080. The lowest BCUT2D eigenvalue weighted by atomic mass is 10.1. The van der Waals surface area contributed by atoms with Crippen LogP contribution in [0.1, 0.15) is 18.1 Å². The summed E-state index contributed by atoms with van der Waals surface area (Å²) in [6, 6.07) is 22.2. The van der Waals surface area contributed by atoms with Crippen LogP contribution >= 0.6 is 15.9 Å². The Labute approximate surface area is 185 Å². The Hall–Kier alpha value is -2.48. The van der Waals surface area contributed by atoms with Crippen LogP contribution < -0.4 is 10.0 Å². The molecule has 3 aromatic rings. The lowest BCUT2D eigenvalue weighted by molar-refractivity contribution is -0.117. The first-order chi connectivity index (χ1) is 14.4. The van der Waals surface area contributed by atoms with Crippen molar-refractivity contribution in [3.8, 4) is 0 Å². The molecule has 1 amide bonds. The quantitative estimate of drug-likeness (QED) is 0.490. The first kappa shape index (κ1) is 22.2. The average Bonchev–Trinajstić information content (AvgIpc) is 2.74. The number of carbonyl (C=O) groups is 1. The number of carbonyl (C=O) groups excluding carboxylic acids is 1. The summed E-state index contributed by atoms with van der Waals surface area (Å²) in [6.45, 7) is 2.06. The highest BCUT2D eigenvalue weighted by molar-refractivity contribution is 9.10. The van der Waals surface area contributed by atoms with Crippen molar-refractivity contribution in [2.45, 2.75) is 30.7 Å². The molecular formula is C23H23BrN2O3S. The second kappa shape index (κ2) is 10.0. The maximum Gasteiger partial charge on any atom is 0.242 e. The molecule has 2 N–H and O–H groups in total. The minimum Gasteiger partial charge on any atom is -0.325 e. The predicted octanol–water partition coefficient (Wildman–Crippen LogP) is 4.54. The number of hydrogen-bond donors (Lipinski definition) is 2. The molecular weight excluding hydrogens is 464 g/mol. The third kappa shape index (κ3) is 6.01. The standard InChI is InChI=1S/C23H23BrN2O3S/c1-2-17-8-12-20(13-9-17)25-23(27)22(16-18-6-4-3-5-7-18)26-30(28,29)21-14-10-19(24)11-15-21/h3-15,22,26H,2,16H2,1H3,(H,25,27)/t22-/m1/s1. The van der Waals surface area contributed by atoms with Crippen LogP contribution in [0.2, 0.25) is 0 Å². The second-order valence-electron chi connectivity index (χ2n) is 6.86. The fraction of sp³-hybridized carbons (Fsp3) is 0.174. The number of anilines is 1. The van der Waals surface area contributed by atoms with Gasteiger partial charge in [0.15, 0.2) is 0 Å². The molecule has 0 aromatic heterocycles. The number of aryl methyl sites for hydroxylation is 1. The van der Waals surface area contributed by atoms with Crippen molar-refractivity contribution in [2.75, 3.05) is 5.32 Å². The summed E-state index contributed by atoms with van der Waals surface area (Å²) in [5.74, 6) is -0.413. The summed E-state index contributed by atoms with van der Waals surface area (Å²) >= 11 is 3.30. The van der Waals surface area contributed by atoms with Gasteiger partial charge < -0.3 is 5.32 Å². The van der Waals surface area contributed by atoms with Crippen LogP contribution in [0.3, 0.4) is 0 Å². The third-order valence-corrected chi connectivity index (χ3v) is 6.67. The molecule has 0 saturated heterocycles. The van der Waals surface area contributed by atoms with Crippen LogP contribution in [0, 0.1) is 0 Å². The monoisotopic (exact) mass is 486 g/mol. The van der Waals surface area contributed by atoms with Crippen molar-refractivity contribution >= 4 is 37.5 Å². The maximum atomic E-state index is 13.0. The highest BCUT2D eigenvalue weighted by Gasteiger charge is 2.26. The fourth-order valence-corrected chi connectivity index (χ4v) is 4.42. The van der Waals surface area contributed by atoms with Crippen molar-refractivity contribution in [2.24, 2.45) is 0 Å². The molecule has 1 atom stereocenters. The van der Waals surface area contributed by atoms with Crippen molar-refractivity contribution in [3.63, 3.8) is 0 Å². The average molecular weight is 487 g/mol. The molecule has 0 aliphatic heterocycles. The molecule has 0 radical (unpaired) electrons. The molecule has 0 heterocycles. The molecule has 30 heavy (non-hydrogen) atoms. The van der Waals surface area contributed by atoms with Gasteiger partial charge in [-0.25, -0.2) is 8.42 Å². The van der Waals surface area contributed by atoms with E-state index in [2.05, 4.69) is 32.9 Å². The van der Waals surface area contributed by atoms with Crippen LogP contribution in [0.15, 0.2) is 88.2 Å². The van der Waals surface area contributed by atoms with E-state index in [9.17, 15) is 13.2 Å². The number of hydrogen-bond acceptors (Lipinski definition) is 3. The first-order valence-electron chi connectivity index (χ1n) is 9.59. The molecule has 0 aliphatic rings. The SMILES string of the molecule is CCc1ccc(NC(=O)[C@@H](Cc2ccccc2)NS(=O)(=O)c2ccc(Br)cc2)cc1. The van der Waals surface area contributed by atoms with E-state index in [1.165, 1.54) is 12.1 Å². The molecule has 0 fully saturated rings. The number of sulfonamides is 1. The minimum atomic E-state index is -3.88. The van der Waals surface area contributed by atoms with Crippen LogP contribution in [0.5, 0.6) is 0 Å². The van der Waals surface area contributed by atoms with Gasteiger partial charge in [-0.15, -0.1) is 0 Å². The lowest BCUT2D eigenvalue weighted by Gasteiger charge is -2.19.